The Kier molecular flexibility index (Phi) is 4.69. The Balaban J connectivity index is 2.44. The van der Waals surface area contributed by atoms with Gasteiger partial charge in [0.15, 0.2) is 0 Å². The molecule has 0 heterocycles. The molecule has 1 aliphatic carbocycles. The van der Waals surface area contributed by atoms with Crippen LogP contribution in [0.25, 0.3) is 0 Å². The van der Waals surface area contributed by atoms with E-state index in [-0.39, 0.29) is 27.4 Å². The van der Waals surface area contributed by atoms with Crippen molar-refractivity contribution in [3.63, 3.8) is 0 Å². The zero-order valence-corrected chi connectivity index (χ0v) is 14.5. The smallest absolute Gasteiger partial charge is 0.261 e. The van der Waals surface area contributed by atoms with Gasteiger partial charge in [0.05, 0.1) is 15.5 Å². The lowest BCUT2D eigenvalue weighted by molar-refractivity contribution is 0.0652. The molecule has 0 saturated heterocycles. The SMILES string of the molecule is CN(C(=O)c1cc(S(=O)(=O)Cl)cc(Br)c1Cl)C1CCC1. The van der Waals surface area contributed by atoms with Crippen LogP contribution in [0.3, 0.4) is 0 Å². The average Bonchev–Trinajstić information content (AvgIpc) is 2.27. The monoisotopic (exact) mass is 399 g/mol. The van der Waals surface area contributed by atoms with Crippen LogP contribution in [0.2, 0.25) is 5.02 Å². The van der Waals surface area contributed by atoms with Crippen molar-refractivity contribution >= 4 is 53.2 Å². The van der Waals surface area contributed by atoms with Crippen LogP contribution in [-0.2, 0) is 9.05 Å². The second-order valence-corrected chi connectivity index (χ2v) is 8.50. The van der Waals surface area contributed by atoms with Crippen LogP contribution in [0.5, 0.6) is 0 Å². The highest BCUT2D eigenvalue weighted by molar-refractivity contribution is 9.10. The van der Waals surface area contributed by atoms with Gasteiger partial charge in [-0.2, -0.15) is 0 Å². The molecule has 1 aromatic rings. The Labute approximate surface area is 135 Å². The Morgan fingerprint density at radius 1 is 1.40 bits per heavy atom. The molecule has 1 amide bonds. The molecule has 0 bridgehead atoms. The van der Waals surface area contributed by atoms with E-state index in [1.165, 1.54) is 12.1 Å². The lowest BCUT2D eigenvalue weighted by Crippen LogP contribution is -2.41. The molecule has 8 heteroatoms. The van der Waals surface area contributed by atoms with E-state index >= 15 is 0 Å². The van der Waals surface area contributed by atoms with Gasteiger partial charge in [-0.1, -0.05) is 11.6 Å². The minimum Gasteiger partial charge on any atom is -0.339 e. The summed E-state index contributed by atoms with van der Waals surface area (Å²) in [4.78, 5) is 13.9. The number of hydrogen-bond donors (Lipinski definition) is 0. The quantitative estimate of drug-likeness (QED) is 0.727. The van der Waals surface area contributed by atoms with E-state index in [0.29, 0.717) is 4.47 Å². The molecule has 1 saturated carbocycles. The number of carbonyl (C=O) groups excluding carboxylic acids is 1. The predicted molar refractivity (Wildman–Crippen MR) is 81.9 cm³/mol. The van der Waals surface area contributed by atoms with Crippen molar-refractivity contribution in [2.45, 2.75) is 30.2 Å². The van der Waals surface area contributed by atoms with Gasteiger partial charge in [-0.05, 0) is 47.3 Å². The Bertz CT molecular complexity index is 659. The first-order valence-corrected chi connectivity index (χ1v) is 9.40. The Morgan fingerprint density at radius 2 is 2.00 bits per heavy atom. The average molecular weight is 401 g/mol. The minimum atomic E-state index is -3.92. The third kappa shape index (κ3) is 3.13. The number of carbonyl (C=O) groups is 1. The van der Waals surface area contributed by atoms with E-state index in [2.05, 4.69) is 15.9 Å². The van der Waals surface area contributed by atoms with E-state index in [4.69, 9.17) is 22.3 Å². The largest absolute Gasteiger partial charge is 0.339 e. The first-order valence-electron chi connectivity index (χ1n) is 5.92. The number of rotatable bonds is 3. The first kappa shape index (κ1) is 16.1. The highest BCUT2D eigenvalue weighted by atomic mass is 79.9. The summed E-state index contributed by atoms with van der Waals surface area (Å²) in [6.45, 7) is 0. The molecule has 4 nitrogen and oxygen atoms in total. The van der Waals surface area contributed by atoms with Crippen molar-refractivity contribution in [1.82, 2.24) is 4.90 Å². The summed E-state index contributed by atoms with van der Waals surface area (Å²) in [6.07, 6.45) is 3.00. The molecule has 2 rings (SSSR count). The number of benzene rings is 1. The number of nitrogens with zero attached hydrogens (tertiary/aromatic N) is 1. The molecule has 1 aliphatic rings. The molecule has 0 unspecified atom stereocenters. The second kappa shape index (κ2) is 5.83. The third-order valence-corrected chi connectivity index (χ3v) is 6.05. The highest BCUT2D eigenvalue weighted by Gasteiger charge is 2.29. The number of halogens is 3. The van der Waals surface area contributed by atoms with Crippen molar-refractivity contribution in [1.29, 1.82) is 0 Å². The van der Waals surface area contributed by atoms with Crippen molar-refractivity contribution in [3.8, 4) is 0 Å². The number of amides is 1. The molecule has 0 N–H and O–H groups in total. The Hall–Kier alpha value is -0.300. The zero-order chi connectivity index (χ0) is 15.1. The van der Waals surface area contributed by atoms with Gasteiger partial charge in [-0.3, -0.25) is 4.79 Å². The van der Waals surface area contributed by atoms with Crippen LogP contribution in [0, 0.1) is 0 Å². The second-order valence-electron chi connectivity index (χ2n) is 4.71. The van der Waals surface area contributed by atoms with Crippen molar-refractivity contribution in [2.75, 3.05) is 7.05 Å². The van der Waals surface area contributed by atoms with Gasteiger partial charge in [0.1, 0.15) is 0 Å². The Morgan fingerprint density at radius 3 is 2.45 bits per heavy atom. The lowest BCUT2D eigenvalue weighted by Gasteiger charge is -2.35. The fraction of sp³-hybridized carbons (Fsp3) is 0.417. The fourth-order valence-corrected chi connectivity index (χ4v) is 3.58. The molecule has 0 aromatic heterocycles. The molecule has 1 aromatic carbocycles. The summed E-state index contributed by atoms with van der Waals surface area (Å²) in [5, 5.41) is 0.185. The van der Waals surface area contributed by atoms with Gasteiger partial charge in [0.25, 0.3) is 15.0 Å². The molecule has 0 atom stereocenters. The normalized spacial score (nSPS) is 15.8. The van der Waals surface area contributed by atoms with Crippen LogP contribution in [-0.4, -0.2) is 32.3 Å². The van der Waals surface area contributed by atoms with E-state index in [0.717, 1.165) is 19.3 Å². The van der Waals surface area contributed by atoms with E-state index in [1.807, 2.05) is 0 Å². The van der Waals surface area contributed by atoms with Gasteiger partial charge in [0.2, 0.25) is 0 Å². The van der Waals surface area contributed by atoms with Gasteiger partial charge in [0, 0.05) is 28.2 Å². The molecule has 110 valence electrons. The van der Waals surface area contributed by atoms with Crippen LogP contribution < -0.4 is 0 Å². The fourth-order valence-electron chi connectivity index (χ4n) is 1.99. The van der Waals surface area contributed by atoms with Crippen molar-refractivity contribution < 1.29 is 13.2 Å². The van der Waals surface area contributed by atoms with Crippen LogP contribution in [0.4, 0.5) is 0 Å². The van der Waals surface area contributed by atoms with Crippen molar-refractivity contribution in [2.24, 2.45) is 0 Å². The maximum atomic E-state index is 12.4. The molecular weight excluding hydrogens is 389 g/mol. The molecule has 0 radical (unpaired) electrons. The topological polar surface area (TPSA) is 54.5 Å². The highest BCUT2D eigenvalue weighted by Crippen LogP contribution is 2.33. The lowest BCUT2D eigenvalue weighted by atomic mass is 9.91. The summed E-state index contributed by atoms with van der Waals surface area (Å²) in [5.41, 5.74) is 0.134. The van der Waals surface area contributed by atoms with E-state index in [1.54, 1.807) is 11.9 Å². The predicted octanol–water partition coefficient (Wildman–Crippen LogP) is 3.65. The van der Waals surface area contributed by atoms with Gasteiger partial charge in [-0.25, -0.2) is 8.42 Å². The minimum absolute atomic E-state index is 0.134. The summed E-state index contributed by atoms with van der Waals surface area (Å²) in [5.74, 6) is -0.303. The van der Waals surface area contributed by atoms with Crippen LogP contribution >= 0.6 is 38.2 Å². The van der Waals surface area contributed by atoms with Gasteiger partial charge < -0.3 is 4.90 Å². The van der Waals surface area contributed by atoms with E-state index < -0.39 is 9.05 Å². The maximum absolute atomic E-state index is 12.4. The summed E-state index contributed by atoms with van der Waals surface area (Å²) in [6, 6.07) is 2.69. The molecule has 0 aliphatic heterocycles. The summed E-state index contributed by atoms with van der Waals surface area (Å²) >= 11 is 9.24. The summed E-state index contributed by atoms with van der Waals surface area (Å²) in [7, 11) is 3.09. The van der Waals surface area contributed by atoms with Gasteiger partial charge >= 0.3 is 0 Å². The third-order valence-electron chi connectivity index (χ3n) is 3.46. The van der Waals surface area contributed by atoms with Crippen LogP contribution in [0.1, 0.15) is 29.6 Å². The first-order chi connectivity index (χ1) is 9.21. The molecule has 20 heavy (non-hydrogen) atoms. The van der Waals surface area contributed by atoms with Gasteiger partial charge in [-0.15, -0.1) is 0 Å². The molecule has 1 fully saturated rings. The molecule has 0 spiro atoms. The molecular formula is C12H12BrCl2NO3S. The number of hydrogen-bond acceptors (Lipinski definition) is 3. The summed E-state index contributed by atoms with van der Waals surface area (Å²) < 4.78 is 23.2. The van der Waals surface area contributed by atoms with E-state index in [9.17, 15) is 13.2 Å². The standard InChI is InChI=1S/C12H12BrCl2NO3S/c1-16(7-3-2-4-7)12(17)9-5-8(20(15,18)19)6-10(13)11(9)14/h5-7H,2-4H2,1H3. The van der Waals surface area contributed by atoms with Crippen molar-refractivity contribution in [3.05, 3.63) is 27.2 Å². The maximum Gasteiger partial charge on any atom is 0.261 e. The zero-order valence-electron chi connectivity index (χ0n) is 10.6. The van der Waals surface area contributed by atoms with Crippen LogP contribution in [0.15, 0.2) is 21.5 Å².